The molecule has 1 fully saturated rings. The number of hydrogen-bond donors (Lipinski definition) is 2. The Kier molecular flexibility index (Phi) is 12.3. The first-order chi connectivity index (χ1) is 10.5. The number of hydrogen-bond acceptors (Lipinski definition) is 3. The van der Waals surface area contributed by atoms with Crippen LogP contribution in [0.1, 0.15) is 47.0 Å². The normalized spacial score (nSPS) is 16.7. The van der Waals surface area contributed by atoms with Gasteiger partial charge in [0, 0.05) is 33.4 Å². The lowest BCUT2D eigenvalue weighted by atomic mass is 9.89. The van der Waals surface area contributed by atoms with Gasteiger partial charge in [0.15, 0.2) is 5.96 Å². The van der Waals surface area contributed by atoms with Gasteiger partial charge in [-0.25, -0.2) is 0 Å². The maximum Gasteiger partial charge on any atom is 0.191 e. The highest BCUT2D eigenvalue weighted by Gasteiger charge is 2.24. The van der Waals surface area contributed by atoms with E-state index >= 15 is 0 Å². The topological polar surface area (TPSA) is 54.9 Å². The summed E-state index contributed by atoms with van der Waals surface area (Å²) < 4.78 is 11.2. The molecule has 0 saturated heterocycles. The summed E-state index contributed by atoms with van der Waals surface area (Å²) in [5, 5.41) is 6.63. The smallest absolute Gasteiger partial charge is 0.191 e. The molecular formula is C17H36IN3O2. The molecule has 5 nitrogen and oxygen atoms in total. The van der Waals surface area contributed by atoms with Gasteiger partial charge in [0.1, 0.15) is 0 Å². The Morgan fingerprint density at radius 3 is 2.48 bits per heavy atom. The average molecular weight is 441 g/mol. The molecule has 138 valence electrons. The fourth-order valence-corrected chi connectivity index (χ4v) is 2.13. The standard InChI is InChI=1S/C17H35N3O2.HI/c1-6-18-16(20-12-15(21-5)17(2,3)4)19-10-7-11-22-13-14-8-9-14;/h14-15H,6-13H2,1-5H3,(H2,18,19,20);1H. The summed E-state index contributed by atoms with van der Waals surface area (Å²) in [6.07, 6.45) is 3.82. The van der Waals surface area contributed by atoms with Crippen molar-refractivity contribution in [1.29, 1.82) is 0 Å². The van der Waals surface area contributed by atoms with Crippen molar-refractivity contribution in [2.24, 2.45) is 16.3 Å². The van der Waals surface area contributed by atoms with Crippen LogP contribution in [0.25, 0.3) is 0 Å². The Labute approximate surface area is 159 Å². The molecule has 0 amide bonds. The molecule has 1 rings (SSSR count). The molecule has 0 aliphatic heterocycles. The summed E-state index contributed by atoms with van der Waals surface area (Å²) in [5.74, 6) is 1.70. The Morgan fingerprint density at radius 1 is 1.26 bits per heavy atom. The van der Waals surface area contributed by atoms with Crippen molar-refractivity contribution in [2.75, 3.05) is 40.0 Å². The molecule has 0 aromatic rings. The van der Waals surface area contributed by atoms with Crippen LogP contribution >= 0.6 is 24.0 Å². The van der Waals surface area contributed by atoms with Gasteiger partial charge in [0.25, 0.3) is 0 Å². The highest BCUT2D eigenvalue weighted by molar-refractivity contribution is 14.0. The van der Waals surface area contributed by atoms with Crippen molar-refractivity contribution < 1.29 is 9.47 Å². The summed E-state index contributed by atoms with van der Waals surface area (Å²) in [6.45, 7) is 12.8. The van der Waals surface area contributed by atoms with E-state index in [4.69, 9.17) is 9.47 Å². The lowest BCUT2D eigenvalue weighted by Gasteiger charge is -2.28. The zero-order valence-electron chi connectivity index (χ0n) is 15.5. The van der Waals surface area contributed by atoms with E-state index in [2.05, 4.69) is 43.3 Å². The quantitative estimate of drug-likeness (QED) is 0.237. The van der Waals surface area contributed by atoms with Gasteiger partial charge in [-0.05, 0) is 37.5 Å². The number of rotatable bonds is 10. The molecule has 23 heavy (non-hydrogen) atoms. The van der Waals surface area contributed by atoms with E-state index in [-0.39, 0.29) is 35.5 Å². The molecule has 1 aliphatic carbocycles. The first kappa shape index (κ1) is 22.9. The fraction of sp³-hybridized carbons (Fsp3) is 0.941. The van der Waals surface area contributed by atoms with E-state index in [1.807, 2.05) is 0 Å². The van der Waals surface area contributed by atoms with Crippen LogP contribution in [0.4, 0.5) is 0 Å². The minimum Gasteiger partial charge on any atom is -0.381 e. The van der Waals surface area contributed by atoms with Crippen LogP contribution in [0, 0.1) is 11.3 Å². The number of guanidine groups is 1. The summed E-state index contributed by atoms with van der Waals surface area (Å²) in [6, 6.07) is 0. The van der Waals surface area contributed by atoms with E-state index in [1.165, 1.54) is 12.8 Å². The van der Waals surface area contributed by atoms with Crippen molar-refractivity contribution in [3.63, 3.8) is 0 Å². The summed E-state index contributed by atoms with van der Waals surface area (Å²) in [5.41, 5.74) is 0.0895. The summed E-state index contributed by atoms with van der Waals surface area (Å²) in [4.78, 5) is 4.64. The average Bonchev–Trinajstić information content (AvgIpc) is 3.25. The molecule has 0 spiro atoms. The third-order valence-corrected chi connectivity index (χ3v) is 3.82. The van der Waals surface area contributed by atoms with Crippen molar-refractivity contribution in [1.82, 2.24) is 10.6 Å². The molecule has 1 unspecified atom stereocenters. The van der Waals surface area contributed by atoms with Crippen LogP contribution in [0.5, 0.6) is 0 Å². The van der Waals surface area contributed by atoms with Crippen molar-refractivity contribution in [2.45, 2.75) is 53.1 Å². The van der Waals surface area contributed by atoms with Gasteiger partial charge in [0.2, 0.25) is 0 Å². The second-order valence-corrected chi connectivity index (χ2v) is 7.11. The second kappa shape index (κ2) is 12.3. The SMILES string of the molecule is CCNC(=NCC(OC)C(C)(C)C)NCCCOCC1CC1.I. The maximum atomic E-state index is 5.64. The molecule has 1 saturated carbocycles. The fourth-order valence-electron chi connectivity index (χ4n) is 2.13. The molecule has 6 heteroatoms. The molecule has 0 aromatic heterocycles. The van der Waals surface area contributed by atoms with Crippen LogP contribution in [0.2, 0.25) is 0 Å². The summed E-state index contributed by atoms with van der Waals surface area (Å²) in [7, 11) is 1.75. The van der Waals surface area contributed by atoms with Crippen LogP contribution < -0.4 is 10.6 Å². The second-order valence-electron chi connectivity index (χ2n) is 7.11. The minimum atomic E-state index is 0. The van der Waals surface area contributed by atoms with E-state index < -0.39 is 0 Å². The third-order valence-electron chi connectivity index (χ3n) is 3.82. The van der Waals surface area contributed by atoms with Gasteiger partial charge in [0.05, 0.1) is 12.6 Å². The predicted molar refractivity (Wildman–Crippen MR) is 108 cm³/mol. The number of methoxy groups -OCH3 is 1. The largest absolute Gasteiger partial charge is 0.381 e. The summed E-state index contributed by atoms with van der Waals surface area (Å²) >= 11 is 0. The van der Waals surface area contributed by atoms with E-state index in [9.17, 15) is 0 Å². The van der Waals surface area contributed by atoms with Crippen molar-refractivity contribution in [3.8, 4) is 0 Å². The van der Waals surface area contributed by atoms with Gasteiger partial charge in [-0.1, -0.05) is 20.8 Å². The van der Waals surface area contributed by atoms with E-state index in [0.29, 0.717) is 6.54 Å². The lowest BCUT2D eigenvalue weighted by Crippen LogP contribution is -2.40. The molecule has 0 aromatic carbocycles. The third kappa shape index (κ3) is 11.2. The van der Waals surface area contributed by atoms with Crippen LogP contribution in [-0.2, 0) is 9.47 Å². The zero-order chi connectivity index (χ0) is 16.4. The Bertz CT molecular complexity index is 328. The molecule has 1 aliphatic rings. The van der Waals surface area contributed by atoms with Crippen LogP contribution in [-0.4, -0.2) is 52.0 Å². The lowest BCUT2D eigenvalue weighted by molar-refractivity contribution is 0.0241. The Hall–Kier alpha value is -0.0800. The van der Waals surface area contributed by atoms with Crippen molar-refractivity contribution >= 4 is 29.9 Å². The Morgan fingerprint density at radius 2 is 1.96 bits per heavy atom. The maximum absolute atomic E-state index is 5.64. The van der Waals surface area contributed by atoms with Gasteiger partial charge in [-0.3, -0.25) is 4.99 Å². The number of nitrogens with zero attached hydrogens (tertiary/aromatic N) is 1. The highest BCUT2D eigenvalue weighted by atomic mass is 127. The Balaban J connectivity index is 0.00000484. The van der Waals surface area contributed by atoms with E-state index in [1.54, 1.807) is 7.11 Å². The van der Waals surface area contributed by atoms with Crippen molar-refractivity contribution in [3.05, 3.63) is 0 Å². The number of nitrogens with one attached hydrogen (secondary N) is 2. The molecule has 0 heterocycles. The first-order valence-corrected chi connectivity index (χ1v) is 8.60. The first-order valence-electron chi connectivity index (χ1n) is 8.60. The van der Waals surface area contributed by atoms with Gasteiger partial charge < -0.3 is 20.1 Å². The highest BCUT2D eigenvalue weighted by Crippen LogP contribution is 2.28. The molecule has 0 radical (unpaired) electrons. The van der Waals surface area contributed by atoms with Gasteiger partial charge in [-0.2, -0.15) is 0 Å². The number of aliphatic imine (C=N–C) groups is 1. The van der Waals surface area contributed by atoms with Gasteiger partial charge in [-0.15, -0.1) is 24.0 Å². The number of ether oxygens (including phenoxy) is 2. The monoisotopic (exact) mass is 441 g/mol. The zero-order valence-corrected chi connectivity index (χ0v) is 17.8. The van der Waals surface area contributed by atoms with E-state index in [0.717, 1.165) is 44.6 Å². The predicted octanol–water partition coefficient (Wildman–Crippen LogP) is 3.04. The van der Waals surface area contributed by atoms with Crippen LogP contribution in [0.3, 0.4) is 0 Å². The van der Waals surface area contributed by atoms with Gasteiger partial charge >= 0.3 is 0 Å². The molecule has 2 N–H and O–H groups in total. The minimum absolute atomic E-state index is 0. The molecular weight excluding hydrogens is 405 g/mol. The molecule has 0 bridgehead atoms. The number of halogens is 1. The molecule has 1 atom stereocenters. The van der Waals surface area contributed by atoms with Crippen LogP contribution in [0.15, 0.2) is 4.99 Å².